The molecule has 0 saturated carbocycles. The third-order valence-electron chi connectivity index (χ3n) is 5.73. The van der Waals surface area contributed by atoms with E-state index in [1.54, 1.807) is 46.8 Å². The van der Waals surface area contributed by atoms with Crippen molar-refractivity contribution < 1.29 is 33.4 Å². The minimum Gasteiger partial charge on any atom is -0.466 e. The predicted molar refractivity (Wildman–Crippen MR) is 142 cm³/mol. The summed E-state index contributed by atoms with van der Waals surface area (Å²) in [6, 6.07) is 3.21. The van der Waals surface area contributed by atoms with E-state index < -0.39 is 47.5 Å². The smallest absolute Gasteiger partial charge is 0.408 e. The van der Waals surface area contributed by atoms with Gasteiger partial charge in [-0.3, -0.25) is 19.2 Å². The molecule has 0 spiro atoms. The fourth-order valence-corrected chi connectivity index (χ4v) is 3.80. The lowest BCUT2D eigenvalue weighted by Gasteiger charge is -2.34. The molecule has 0 radical (unpaired) electrons. The highest BCUT2D eigenvalue weighted by Gasteiger charge is 2.36. The van der Waals surface area contributed by atoms with E-state index in [1.165, 1.54) is 4.90 Å². The molecule has 4 N–H and O–H groups in total. The van der Waals surface area contributed by atoms with E-state index in [4.69, 9.17) is 15.2 Å². The van der Waals surface area contributed by atoms with Crippen LogP contribution in [-0.4, -0.2) is 66.0 Å². The van der Waals surface area contributed by atoms with Gasteiger partial charge in [0.05, 0.1) is 13.0 Å². The molecular weight excluding hydrogens is 492 g/mol. The Morgan fingerprint density at radius 2 is 1.71 bits per heavy atom. The Balaban J connectivity index is 3.38. The number of primary amides is 1. The molecule has 4 amide bonds. The fourth-order valence-electron chi connectivity index (χ4n) is 3.80. The molecule has 0 aliphatic heterocycles. The van der Waals surface area contributed by atoms with E-state index in [1.807, 2.05) is 19.9 Å². The van der Waals surface area contributed by atoms with Crippen molar-refractivity contribution in [2.45, 2.75) is 85.4 Å². The zero-order valence-corrected chi connectivity index (χ0v) is 23.5. The van der Waals surface area contributed by atoms with Crippen molar-refractivity contribution in [2.24, 2.45) is 5.73 Å². The van der Waals surface area contributed by atoms with E-state index in [-0.39, 0.29) is 39.0 Å². The summed E-state index contributed by atoms with van der Waals surface area (Å²) in [4.78, 5) is 64.4. The first-order chi connectivity index (χ1) is 17.7. The standard InChI is InChI=1S/C27H42N4O7/c1-8-31(25(35)20(13-14-21(28)32)30-26(36)38-27(5,6)7)23(19-12-10-11-17(3)18(19)4)24(34)29-16-15-22(33)37-9-2/h10-12,20,23H,8-9,13-16H2,1-7H3,(H2,28,32)(H,29,34)(H,30,36). The summed E-state index contributed by atoms with van der Waals surface area (Å²) in [6.07, 6.45) is -1.10. The summed E-state index contributed by atoms with van der Waals surface area (Å²) in [7, 11) is 0. The number of nitrogens with two attached hydrogens (primary N) is 1. The van der Waals surface area contributed by atoms with Gasteiger partial charge in [0.15, 0.2) is 0 Å². The molecule has 2 unspecified atom stereocenters. The van der Waals surface area contributed by atoms with Crippen molar-refractivity contribution >= 4 is 29.8 Å². The number of ether oxygens (including phenoxy) is 2. The molecule has 0 aromatic heterocycles. The number of carbonyl (C=O) groups excluding carboxylic acids is 5. The number of rotatable bonds is 13. The first kappa shape index (κ1) is 32.4. The number of amides is 4. The van der Waals surface area contributed by atoms with Crippen molar-refractivity contribution in [1.29, 1.82) is 0 Å². The highest BCUT2D eigenvalue weighted by molar-refractivity contribution is 5.92. The number of esters is 1. The van der Waals surface area contributed by atoms with Gasteiger partial charge in [-0.1, -0.05) is 18.2 Å². The molecule has 1 aromatic carbocycles. The van der Waals surface area contributed by atoms with Crippen molar-refractivity contribution in [3.05, 3.63) is 34.9 Å². The van der Waals surface area contributed by atoms with Crippen molar-refractivity contribution in [2.75, 3.05) is 19.7 Å². The third-order valence-corrected chi connectivity index (χ3v) is 5.73. The summed E-state index contributed by atoms with van der Waals surface area (Å²) in [5.74, 6) is -2.16. The molecule has 0 bridgehead atoms. The average molecular weight is 535 g/mol. The topological polar surface area (TPSA) is 157 Å². The van der Waals surface area contributed by atoms with Crippen LogP contribution in [0, 0.1) is 13.8 Å². The first-order valence-corrected chi connectivity index (χ1v) is 12.8. The predicted octanol–water partition coefficient (Wildman–Crippen LogP) is 2.42. The lowest BCUT2D eigenvalue weighted by molar-refractivity contribution is -0.144. The Morgan fingerprint density at radius 1 is 1.05 bits per heavy atom. The molecule has 0 heterocycles. The third kappa shape index (κ3) is 10.4. The maximum atomic E-state index is 13.8. The monoisotopic (exact) mass is 534 g/mol. The van der Waals surface area contributed by atoms with Crippen molar-refractivity contribution in [3.63, 3.8) is 0 Å². The van der Waals surface area contributed by atoms with Crippen LogP contribution in [0.1, 0.15) is 76.6 Å². The van der Waals surface area contributed by atoms with E-state index in [0.717, 1.165) is 11.1 Å². The van der Waals surface area contributed by atoms with Crippen LogP contribution in [0.4, 0.5) is 4.79 Å². The quantitative estimate of drug-likeness (QED) is 0.328. The average Bonchev–Trinajstić information content (AvgIpc) is 2.80. The molecule has 11 nitrogen and oxygen atoms in total. The molecule has 0 aliphatic rings. The van der Waals surface area contributed by atoms with Gasteiger partial charge < -0.3 is 30.7 Å². The molecular formula is C27H42N4O7. The summed E-state index contributed by atoms with van der Waals surface area (Å²) < 4.78 is 10.2. The Hall–Kier alpha value is -3.63. The summed E-state index contributed by atoms with van der Waals surface area (Å²) in [6.45, 7) is 12.6. The Morgan fingerprint density at radius 3 is 2.26 bits per heavy atom. The van der Waals surface area contributed by atoms with Crippen LogP contribution in [0.25, 0.3) is 0 Å². The van der Waals surface area contributed by atoms with Crippen LogP contribution in [0.15, 0.2) is 18.2 Å². The molecule has 11 heteroatoms. The number of alkyl carbamates (subject to hydrolysis) is 1. The zero-order valence-electron chi connectivity index (χ0n) is 23.5. The number of likely N-dealkylation sites (N-methyl/N-ethyl adjacent to an activating group) is 1. The van der Waals surface area contributed by atoms with Crippen LogP contribution < -0.4 is 16.4 Å². The maximum absolute atomic E-state index is 13.8. The second kappa shape index (κ2) is 14.9. The minimum absolute atomic E-state index is 0.0199. The molecule has 1 rings (SSSR count). The van der Waals surface area contributed by atoms with Gasteiger partial charge in [0.25, 0.3) is 0 Å². The number of hydrogen-bond donors (Lipinski definition) is 3. The van der Waals surface area contributed by atoms with Gasteiger partial charge in [0, 0.05) is 19.5 Å². The summed E-state index contributed by atoms with van der Waals surface area (Å²) in [5.41, 5.74) is 6.83. The van der Waals surface area contributed by atoms with Gasteiger partial charge in [0.1, 0.15) is 17.7 Å². The number of carbonyl (C=O) groups is 5. The van der Waals surface area contributed by atoms with Crippen LogP contribution in [0.2, 0.25) is 0 Å². The van der Waals surface area contributed by atoms with Crippen LogP contribution in [0.5, 0.6) is 0 Å². The van der Waals surface area contributed by atoms with Crippen LogP contribution in [-0.2, 0) is 28.7 Å². The second-order valence-electron chi connectivity index (χ2n) is 9.87. The zero-order chi connectivity index (χ0) is 29.0. The SMILES string of the molecule is CCOC(=O)CCNC(=O)C(c1cccc(C)c1C)N(CC)C(=O)C(CCC(N)=O)NC(=O)OC(C)(C)C. The Labute approximate surface area is 224 Å². The highest BCUT2D eigenvalue weighted by Crippen LogP contribution is 2.27. The van der Waals surface area contributed by atoms with Gasteiger partial charge in [-0.25, -0.2) is 4.79 Å². The van der Waals surface area contributed by atoms with Crippen LogP contribution >= 0.6 is 0 Å². The first-order valence-electron chi connectivity index (χ1n) is 12.8. The number of aryl methyl sites for hydroxylation is 1. The number of benzene rings is 1. The molecule has 0 saturated heterocycles. The second-order valence-corrected chi connectivity index (χ2v) is 9.87. The fraction of sp³-hybridized carbons (Fsp3) is 0.593. The molecule has 0 fully saturated rings. The normalized spacial score (nSPS) is 12.6. The number of nitrogens with one attached hydrogen (secondary N) is 2. The van der Waals surface area contributed by atoms with Crippen molar-refractivity contribution in [3.8, 4) is 0 Å². The number of nitrogens with zero attached hydrogens (tertiary/aromatic N) is 1. The molecule has 1 aromatic rings. The Kier molecular flexibility index (Phi) is 12.7. The minimum atomic E-state index is -1.17. The van der Waals surface area contributed by atoms with Gasteiger partial charge in [0.2, 0.25) is 17.7 Å². The van der Waals surface area contributed by atoms with Crippen LogP contribution in [0.3, 0.4) is 0 Å². The lowest BCUT2D eigenvalue weighted by atomic mass is 9.94. The van der Waals surface area contributed by atoms with E-state index in [9.17, 15) is 24.0 Å². The maximum Gasteiger partial charge on any atom is 0.408 e. The van der Waals surface area contributed by atoms with Gasteiger partial charge in [-0.15, -0.1) is 0 Å². The molecule has 212 valence electrons. The molecule has 38 heavy (non-hydrogen) atoms. The highest BCUT2D eigenvalue weighted by atomic mass is 16.6. The van der Waals surface area contributed by atoms with Gasteiger partial charge >= 0.3 is 12.1 Å². The molecule has 2 atom stereocenters. The largest absolute Gasteiger partial charge is 0.466 e. The van der Waals surface area contributed by atoms with Gasteiger partial charge in [-0.2, -0.15) is 0 Å². The summed E-state index contributed by atoms with van der Waals surface area (Å²) in [5, 5.41) is 5.26. The Bertz CT molecular complexity index is 1000. The van der Waals surface area contributed by atoms with E-state index >= 15 is 0 Å². The van der Waals surface area contributed by atoms with E-state index in [0.29, 0.717) is 5.56 Å². The van der Waals surface area contributed by atoms with E-state index in [2.05, 4.69) is 10.6 Å². The number of hydrogen-bond acceptors (Lipinski definition) is 7. The van der Waals surface area contributed by atoms with Crippen molar-refractivity contribution in [1.82, 2.24) is 15.5 Å². The van der Waals surface area contributed by atoms with Gasteiger partial charge in [-0.05, 0) is 71.6 Å². The summed E-state index contributed by atoms with van der Waals surface area (Å²) >= 11 is 0. The molecule has 0 aliphatic carbocycles. The lowest BCUT2D eigenvalue weighted by Crippen LogP contribution is -2.53.